The van der Waals surface area contributed by atoms with Gasteiger partial charge in [-0.25, -0.2) is 0 Å². The predicted molar refractivity (Wildman–Crippen MR) is 68.7 cm³/mol. The summed E-state index contributed by atoms with van der Waals surface area (Å²) < 4.78 is 2.12. The number of aryl methyl sites for hydroxylation is 1. The quantitative estimate of drug-likeness (QED) is 0.795. The van der Waals surface area contributed by atoms with Crippen molar-refractivity contribution in [2.75, 3.05) is 0 Å². The van der Waals surface area contributed by atoms with Gasteiger partial charge in [0.1, 0.15) is 5.71 Å². The highest BCUT2D eigenvalue weighted by Crippen LogP contribution is 2.30. The standard InChI is InChI=1S/C14H12N2O/c1-2-16-11-6-4-3-5-9(11)13-12(16)8-7-10(15)14(13)17/h3-8,15H,2H2,1H3. The van der Waals surface area contributed by atoms with Gasteiger partial charge in [0.15, 0.2) is 0 Å². The lowest BCUT2D eigenvalue weighted by molar-refractivity contribution is 0.106. The number of carbonyl (C=O) groups is 1. The van der Waals surface area contributed by atoms with Crippen LogP contribution in [0.4, 0.5) is 0 Å². The summed E-state index contributed by atoms with van der Waals surface area (Å²) in [6.45, 7) is 2.88. The Labute approximate surface area is 98.9 Å². The van der Waals surface area contributed by atoms with Crippen LogP contribution < -0.4 is 0 Å². The highest BCUT2D eigenvalue weighted by atomic mass is 16.1. The predicted octanol–water partition coefficient (Wildman–Crippen LogP) is 2.89. The molecule has 2 aromatic rings. The zero-order chi connectivity index (χ0) is 12.0. The molecular weight excluding hydrogens is 212 g/mol. The molecule has 0 spiro atoms. The smallest absolute Gasteiger partial charge is 0.213 e. The number of Topliss-reactive ketones (excluding diaryl/α,β-unsaturated/α-hetero) is 1. The lowest BCUT2D eigenvalue weighted by Crippen LogP contribution is -2.15. The Morgan fingerprint density at radius 2 is 2.00 bits per heavy atom. The SMILES string of the molecule is CCn1c2c(c3ccccc31)C(=O)C(=N)C=C2. The zero-order valence-corrected chi connectivity index (χ0v) is 9.53. The molecule has 0 bridgehead atoms. The van der Waals surface area contributed by atoms with E-state index in [1.54, 1.807) is 6.08 Å². The van der Waals surface area contributed by atoms with Crippen molar-refractivity contribution in [2.45, 2.75) is 13.5 Å². The van der Waals surface area contributed by atoms with E-state index in [-0.39, 0.29) is 11.5 Å². The van der Waals surface area contributed by atoms with Gasteiger partial charge in [0.25, 0.3) is 0 Å². The molecule has 1 aromatic heterocycles. The largest absolute Gasteiger partial charge is 0.341 e. The number of rotatable bonds is 1. The Morgan fingerprint density at radius 1 is 1.24 bits per heavy atom. The fourth-order valence-corrected chi connectivity index (χ4v) is 2.45. The summed E-state index contributed by atoms with van der Waals surface area (Å²) in [7, 11) is 0. The van der Waals surface area contributed by atoms with Crippen LogP contribution in [0.1, 0.15) is 23.0 Å². The molecule has 1 heterocycles. The van der Waals surface area contributed by atoms with Gasteiger partial charge in [-0.3, -0.25) is 10.2 Å². The number of fused-ring (bicyclic) bond motifs is 3. The highest BCUT2D eigenvalue weighted by molar-refractivity contribution is 6.52. The number of allylic oxidation sites excluding steroid dienone is 1. The average Bonchev–Trinajstić information content (AvgIpc) is 2.68. The van der Waals surface area contributed by atoms with Gasteiger partial charge in [0.05, 0.1) is 11.3 Å². The van der Waals surface area contributed by atoms with Crippen molar-refractivity contribution in [3.63, 3.8) is 0 Å². The Kier molecular flexibility index (Phi) is 2.01. The minimum Gasteiger partial charge on any atom is -0.341 e. The van der Waals surface area contributed by atoms with Crippen LogP contribution in [0.3, 0.4) is 0 Å². The van der Waals surface area contributed by atoms with Crippen molar-refractivity contribution >= 4 is 28.5 Å². The van der Waals surface area contributed by atoms with Crippen LogP contribution in [0.25, 0.3) is 17.0 Å². The van der Waals surface area contributed by atoms with Crippen molar-refractivity contribution < 1.29 is 4.79 Å². The van der Waals surface area contributed by atoms with Gasteiger partial charge in [0, 0.05) is 17.4 Å². The molecule has 1 aliphatic carbocycles. The number of hydrogen-bond acceptors (Lipinski definition) is 2. The van der Waals surface area contributed by atoms with Gasteiger partial charge in [-0.05, 0) is 25.1 Å². The number of benzene rings is 1. The summed E-state index contributed by atoms with van der Waals surface area (Å²) in [5, 5.41) is 8.57. The first-order chi connectivity index (χ1) is 8.24. The van der Waals surface area contributed by atoms with E-state index in [1.165, 1.54) is 0 Å². The third-order valence-corrected chi connectivity index (χ3v) is 3.21. The molecule has 1 aliphatic rings. The molecule has 0 saturated carbocycles. The van der Waals surface area contributed by atoms with E-state index in [9.17, 15) is 4.79 Å². The number of hydrogen-bond donors (Lipinski definition) is 1. The second-order valence-corrected chi connectivity index (χ2v) is 4.10. The molecule has 3 rings (SSSR count). The van der Waals surface area contributed by atoms with E-state index in [0.717, 1.165) is 23.1 Å². The average molecular weight is 224 g/mol. The maximum Gasteiger partial charge on any atom is 0.213 e. The minimum absolute atomic E-state index is 0.0662. The third-order valence-electron chi connectivity index (χ3n) is 3.21. The molecule has 0 radical (unpaired) electrons. The minimum atomic E-state index is -0.175. The molecule has 17 heavy (non-hydrogen) atoms. The molecule has 1 aromatic carbocycles. The first-order valence-electron chi connectivity index (χ1n) is 5.66. The molecule has 0 unspecified atom stereocenters. The number of ketones is 1. The third kappa shape index (κ3) is 1.22. The molecule has 0 aliphatic heterocycles. The Bertz CT molecular complexity index is 677. The van der Waals surface area contributed by atoms with Crippen molar-refractivity contribution in [3.05, 3.63) is 41.6 Å². The van der Waals surface area contributed by atoms with Crippen molar-refractivity contribution in [3.8, 4) is 0 Å². The maximum atomic E-state index is 12.1. The molecule has 0 amide bonds. The van der Waals surface area contributed by atoms with Crippen LogP contribution in [-0.4, -0.2) is 16.1 Å². The number of nitrogens with zero attached hydrogens (tertiary/aromatic N) is 1. The normalized spacial score (nSPS) is 14.4. The molecular formula is C14H12N2O. The number of para-hydroxylation sites is 1. The number of nitrogens with one attached hydrogen (secondary N) is 1. The molecule has 0 saturated heterocycles. The van der Waals surface area contributed by atoms with E-state index < -0.39 is 0 Å². The van der Waals surface area contributed by atoms with E-state index in [4.69, 9.17) is 5.41 Å². The van der Waals surface area contributed by atoms with Crippen LogP contribution in [0, 0.1) is 5.41 Å². The van der Waals surface area contributed by atoms with Gasteiger partial charge in [0.2, 0.25) is 5.78 Å². The number of aromatic nitrogens is 1. The summed E-state index contributed by atoms with van der Waals surface area (Å²) >= 11 is 0. The van der Waals surface area contributed by atoms with Crippen molar-refractivity contribution in [1.29, 1.82) is 5.41 Å². The van der Waals surface area contributed by atoms with Gasteiger partial charge in [-0.1, -0.05) is 18.2 Å². The molecule has 0 fully saturated rings. The van der Waals surface area contributed by atoms with Crippen LogP contribution in [-0.2, 0) is 6.54 Å². The van der Waals surface area contributed by atoms with E-state index >= 15 is 0 Å². The molecule has 0 atom stereocenters. The molecule has 1 N–H and O–H groups in total. The second-order valence-electron chi connectivity index (χ2n) is 4.10. The second kappa shape index (κ2) is 3.42. The maximum absolute atomic E-state index is 12.1. The van der Waals surface area contributed by atoms with Crippen molar-refractivity contribution in [2.24, 2.45) is 0 Å². The van der Waals surface area contributed by atoms with Gasteiger partial charge < -0.3 is 4.57 Å². The lowest BCUT2D eigenvalue weighted by Gasteiger charge is -2.09. The summed E-state index contributed by atoms with van der Waals surface area (Å²) in [6, 6.07) is 7.86. The van der Waals surface area contributed by atoms with Crippen LogP contribution >= 0.6 is 0 Å². The monoisotopic (exact) mass is 224 g/mol. The fourth-order valence-electron chi connectivity index (χ4n) is 2.45. The summed E-state index contributed by atoms with van der Waals surface area (Å²) in [4.78, 5) is 12.1. The topological polar surface area (TPSA) is 45.9 Å². The molecule has 84 valence electrons. The number of carbonyl (C=O) groups excluding carboxylic acids is 1. The van der Waals surface area contributed by atoms with Gasteiger partial charge in [-0.2, -0.15) is 0 Å². The summed E-state index contributed by atoms with van der Waals surface area (Å²) in [5.41, 5.74) is 2.73. The zero-order valence-electron chi connectivity index (χ0n) is 9.53. The van der Waals surface area contributed by atoms with Gasteiger partial charge >= 0.3 is 0 Å². The van der Waals surface area contributed by atoms with Crippen molar-refractivity contribution in [1.82, 2.24) is 4.57 Å². The molecule has 3 nitrogen and oxygen atoms in total. The van der Waals surface area contributed by atoms with Crippen LogP contribution in [0.15, 0.2) is 30.3 Å². The van der Waals surface area contributed by atoms with E-state index in [1.807, 2.05) is 30.3 Å². The van der Waals surface area contributed by atoms with Crippen LogP contribution in [0.5, 0.6) is 0 Å². The van der Waals surface area contributed by atoms with Crippen LogP contribution in [0.2, 0.25) is 0 Å². The Morgan fingerprint density at radius 3 is 2.76 bits per heavy atom. The Balaban J connectivity index is 2.49. The van der Waals surface area contributed by atoms with E-state index in [0.29, 0.717) is 5.56 Å². The first-order valence-corrected chi connectivity index (χ1v) is 5.66. The Hall–Kier alpha value is -2.16. The fraction of sp³-hybridized carbons (Fsp3) is 0.143. The summed E-state index contributed by atoms with van der Waals surface area (Å²) in [6.07, 6.45) is 3.44. The summed E-state index contributed by atoms with van der Waals surface area (Å²) in [5.74, 6) is -0.175. The van der Waals surface area contributed by atoms with E-state index in [2.05, 4.69) is 11.5 Å². The van der Waals surface area contributed by atoms with Gasteiger partial charge in [-0.15, -0.1) is 0 Å². The highest BCUT2D eigenvalue weighted by Gasteiger charge is 2.25. The first kappa shape index (κ1) is 10.0. The molecule has 3 heteroatoms. The lowest BCUT2D eigenvalue weighted by atomic mass is 9.98.